The van der Waals surface area contributed by atoms with Crippen molar-refractivity contribution < 1.29 is 4.79 Å². The van der Waals surface area contributed by atoms with Gasteiger partial charge in [-0.2, -0.15) is 4.99 Å². The third-order valence-corrected chi connectivity index (χ3v) is 2.89. The second kappa shape index (κ2) is 7.95. The van der Waals surface area contributed by atoms with Crippen LogP contribution < -0.4 is 11.1 Å². The lowest BCUT2D eigenvalue weighted by atomic mass is 10.1. The fourth-order valence-electron chi connectivity index (χ4n) is 1.71. The Morgan fingerprint density at radius 1 is 1.32 bits per heavy atom. The van der Waals surface area contributed by atoms with Crippen molar-refractivity contribution in [2.45, 2.75) is 6.42 Å². The molecule has 1 heterocycles. The summed E-state index contributed by atoms with van der Waals surface area (Å²) < 4.78 is 0. The minimum absolute atomic E-state index is 0.133. The van der Waals surface area contributed by atoms with Crippen LogP contribution in [0.1, 0.15) is 5.56 Å². The van der Waals surface area contributed by atoms with Crippen molar-refractivity contribution in [2.24, 2.45) is 10.7 Å². The second-order valence-corrected chi connectivity index (χ2v) is 4.82. The minimum atomic E-state index is -0.291. The second-order valence-electron chi connectivity index (χ2n) is 4.44. The van der Waals surface area contributed by atoms with Gasteiger partial charge in [0.15, 0.2) is 0 Å². The molecule has 0 unspecified atom stereocenters. The van der Waals surface area contributed by atoms with Crippen LogP contribution >= 0.6 is 11.6 Å². The zero-order chi connectivity index (χ0) is 15.8. The Bertz CT molecular complexity index is 698. The van der Waals surface area contributed by atoms with Crippen LogP contribution in [0, 0.1) is 0 Å². The van der Waals surface area contributed by atoms with E-state index in [1.54, 1.807) is 24.5 Å². The predicted octanol–water partition coefficient (Wildman–Crippen LogP) is 2.79. The molecule has 0 aliphatic carbocycles. The summed E-state index contributed by atoms with van der Waals surface area (Å²) in [5.74, 6) is -0.158. The molecule has 1 amide bonds. The number of rotatable bonds is 5. The van der Waals surface area contributed by atoms with Crippen molar-refractivity contribution in [1.82, 2.24) is 4.98 Å². The molecule has 1 aromatic heterocycles. The van der Waals surface area contributed by atoms with Crippen molar-refractivity contribution in [3.8, 4) is 0 Å². The number of pyridine rings is 1. The molecule has 0 radical (unpaired) electrons. The fourth-order valence-corrected chi connectivity index (χ4v) is 1.88. The Morgan fingerprint density at radius 2 is 2.09 bits per heavy atom. The lowest BCUT2D eigenvalue weighted by molar-refractivity contribution is -0.117. The number of halogens is 1. The van der Waals surface area contributed by atoms with Gasteiger partial charge < -0.3 is 11.1 Å². The number of aliphatic imine (C=N–C) groups is 1. The Labute approximate surface area is 133 Å². The Hall–Kier alpha value is -2.66. The van der Waals surface area contributed by atoms with E-state index in [-0.39, 0.29) is 18.2 Å². The number of carbonyl (C=O) groups is 1. The molecule has 3 N–H and O–H groups in total. The Morgan fingerprint density at radius 3 is 2.82 bits per heavy atom. The molecule has 0 saturated carbocycles. The highest BCUT2D eigenvalue weighted by Crippen LogP contribution is 2.11. The first-order valence-corrected chi connectivity index (χ1v) is 6.97. The summed E-state index contributed by atoms with van der Waals surface area (Å²) in [4.78, 5) is 19.4. The number of anilines is 1. The van der Waals surface area contributed by atoms with E-state index in [0.29, 0.717) is 5.15 Å². The standard InChI is InChI=1S/C16H15ClN4O/c17-14-11-13(6-8-20-14)19-9-7-15(18)21-16(22)10-12-4-2-1-3-5-12/h1-9,11H,10H2,(H,19,20)(H2,18,21,22)/b9-7-. The number of amides is 1. The lowest BCUT2D eigenvalue weighted by Crippen LogP contribution is -2.12. The summed E-state index contributed by atoms with van der Waals surface area (Å²) in [6, 6.07) is 12.8. The van der Waals surface area contributed by atoms with E-state index < -0.39 is 0 Å². The summed E-state index contributed by atoms with van der Waals surface area (Å²) in [5, 5.41) is 3.35. The normalized spacial score (nSPS) is 11.6. The van der Waals surface area contributed by atoms with Crippen LogP contribution in [-0.2, 0) is 11.2 Å². The average molecular weight is 315 g/mol. The van der Waals surface area contributed by atoms with Crippen molar-refractivity contribution in [1.29, 1.82) is 0 Å². The van der Waals surface area contributed by atoms with Gasteiger partial charge in [0.25, 0.3) is 5.91 Å². The summed E-state index contributed by atoms with van der Waals surface area (Å²) in [5.41, 5.74) is 7.35. The highest BCUT2D eigenvalue weighted by atomic mass is 35.5. The van der Waals surface area contributed by atoms with Gasteiger partial charge in [-0.3, -0.25) is 4.79 Å². The topological polar surface area (TPSA) is 80.4 Å². The molecule has 5 nitrogen and oxygen atoms in total. The summed E-state index contributed by atoms with van der Waals surface area (Å²) in [7, 11) is 0. The van der Waals surface area contributed by atoms with Crippen LogP contribution in [0.15, 0.2) is 65.9 Å². The summed E-state index contributed by atoms with van der Waals surface area (Å²) >= 11 is 5.76. The molecule has 2 rings (SSSR count). The van der Waals surface area contributed by atoms with Gasteiger partial charge in [-0.25, -0.2) is 4.98 Å². The largest absolute Gasteiger partial charge is 0.384 e. The quantitative estimate of drug-likeness (QED) is 0.505. The molecular weight excluding hydrogens is 300 g/mol. The molecule has 0 fully saturated rings. The number of nitrogens with two attached hydrogens (primary N) is 1. The van der Waals surface area contributed by atoms with Crippen LogP contribution in [-0.4, -0.2) is 16.7 Å². The van der Waals surface area contributed by atoms with Crippen LogP contribution in [0.4, 0.5) is 5.69 Å². The van der Waals surface area contributed by atoms with E-state index in [1.165, 1.54) is 6.08 Å². The average Bonchev–Trinajstić information content (AvgIpc) is 2.48. The van der Waals surface area contributed by atoms with E-state index in [1.807, 2.05) is 30.3 Å². The monoisotopic (exact) mass is 314 g/mol. The smallest absolute Gasteiger partial charge is 0.252 e. The van der Waals surface area contributed by atoms with Crippen molar-refractivity contribution >= 4 is 29.0 Å². The number of hydrogen-bond acceptors (Lipinski definition) is 3. The molecule has 2 aromatic rings. The number of nitrogens with one attached hydrogen (secondary N) is 1. The minimum Gasteiger partial charge on any atom is -0.384 e. The van der Waals surface area contributed by atoms with Crippen molar-refractivity contribution in [2.75, 3.05) is 5.32 Å². The van der Waals surface area contributed by atoms with E-state index in [9.17, 15) is 4.79 Å². The third-order valence-electron chi connectivity index (χ3n) is 2.68. The third kappa shape index (κ3) is 5.38. The molecule has 0 saturated heterocycles. The molecule has 112 valence electrons. The predicted molar refractivity (Wildman–Crippen MR) is 88.8 cm³/mol. The van der Waals surface area contributed by atoms with E-state index >= 15 is 0 Å². The maximum absolute atomic E-state index is 11.8. The van der Waals surface area contributed by atoms with E-state index in [0.717, 1.165) is 11.3 Å². The van der Waals surface area contributed by atoms with Crippen LogP contribution in [0.2, 0.25) is 5.15 Å². The van der Waals surface area contributed by atoms with Gasteiger partial charge in [0, 0.05) is 18.1 Å². The number of benzene rings is 1. The number of nitrogens with zero attached hydrogens (tertiary/aromatic N) is 2. The molecule has 0 atom stereocenters. The van der Waals surface area contributed by atoms with Crippen molar-refractivity contribution in [3.63, 3.8) is 0 Å². The summed E-state index contributed by atoms with van der Waals surface area (Å²) in [6.45, 7) is 0. The number of carbonyl (C=O) groups excluding carboxylic acids is 1. The SMILES string of the molecule is NC(/C=C\Nc1ccnc(Cl)c1)=NC(=O)Cc1ccccc1. The highest BCUT2D eigenvalue weighted by molar-refractivity contribution is 6.29. The first-order chi connectivity index (χ1) is 10.6. The van der Waals surface area contributed by atoms with Gasteiger partial charge in [0.2, 0.25) is 0 Å². The molecule has 0 bridgehead atoms. The molecule has 0 aliphatic heterocycles. The first-order valence-electron chi connectivity index (χ1n) is 6.59. The zero-order valence-electron chi connectivity index (χ0n) is 11.7. The fraction of sp³-hybridized carbons (Fsp3) is 0.0625. The number of aromatic nitrogens is 1. The van der Waals surface area contributed by atoms with Gasteiger partial charge >= 0.3 is 0 Å². The molecule has 0 spiro atoms. The Kier molecular flexibility index (Phi) is 5.68. The lowest BCUT2D eigenvalue weighted by Gasteiger charge is -2.00. The Balaban J connectivity index is 1.89. The maximum atomic E-state index is 11.8. The van der Waals surface area contributed by atoms with Crippen LogP contribution in [0.3, 0.4) is 0 Å². The molecule has 22 heavy (non-hydrogen) atoms. The first kappa shape index (κ1) is 15.7. The van der Waals surface area contributed by atoms with Gasteiger partial charge in [0.1, 0.15) is 11.0 Å². The molecule has 6 heteroatoms. The molecular formula is C16H15ClN4O. The van der Waals surface area contributed by atoms with Crippen LogP contribution in [0.5, 0.6) is 0 Å². The number of hydrogen-bond donors (Lipinski definition) is 2. The highest BCUT2D eigenvalue weighted by Gasteiger charge is 2.01. The van der Waals surface area contributed by atoms with E-state index in [4.69, 9.17) is 17.3 Å². The maximum Gasteiger partial charge on any atom is 0.252 e. The molecule has 1 aromatic carbocycles. The van der Waals surface area contributed by atoms with Crippen LogP contribution in [0.25, 0.3) is 0 Å². The summed E-state index contributed by atoms with van der Waals surface area (Å²) in [6.07, 6.45) is 4.90. The van der Waals surface area contributed by atoms with Crippen molar-refractivity contribution in [3.05, 3.63) is 71.7 Å². The van der Waals surface area contributed by atoms with E-state index in [2.05, 4.69) is 15.3 Å². The molecule has 0 aliphatic rings. The zero-order valence-corrected chi connectivity index (χ0v) is 12.5. The van der Waals surface area contributed by atoms with Gasteiger partial charge in [-0.05, 0) is 23.8 Å². The number of amidine groups is 1. The van der Waals surface area contributed by atoms with Gasteiger partial charge in [0.05, 0.1) is 6.42 Å². The van der Waals surface area contributed by atoms with Gasteiger partial charge in [-0.1, -0.05) is 41.9 Å². The van der Waals surface area contributed by atoms with Gasteiger partial charge in [-0.15, -0.1) is 0 Å².